The van der Waals surface area contributed by atoms with Gasteiger partial charge in [-0.1, -0.05) is 11.6 Å². The first kappa shape index (κ1) is 19.7. The number of carbonyl (C=O) groups is 1. The van der Waals surface area contributed by atoms with Crippen LogP contribution in [0, 0.1) is 0 Å². The molecule has 0 saturated carbocycles. The average Bonchev–Trinajstić information content (AvgIpc) is 2.92. The maximum Gasteiger partial charge on any atom is 0.410 e. The molecule has 2 rings (SSSR count). The second kappa shape index (κ2) is 7.31. The summed E-state index contributed by atoms with van der Waals surface area (Å²) < 4.78 is 34.8. The van der Waals surface area contributed by atoms with Gasteiger partial charge in [-0.2, -0.15) is 4.98 Å². The Kier molecular flexibility index (Phi) is 5.75. The fraction of sp³-hybridized carbons (Fsp3) is 0.812. The fourth-order valence-corrected chi connectivity index (χ4v) is 4.45. The second-order valence-electron chi connectivity index (χ2n) is 7.54. The first-order chi connectivity index (χ1) is 11.5. The number of aromatic nitrogens is 2. The molecular formula is C16H27N3O5S. The second-order valence-corrected chi connectivity index (χ2v) is 9.85. The Morgan fingerprint density at radius 1 is 1.40 bits per heavy atom. The largest absolute Gasteiger partial charge is 0.444 e. The van der Waals surface area contributed by atoms with Gasteiger partial charge >= 0.3 is 6.09 Å². The molecule has 0 aromatic carbocycles. The van der Waals surface area contributed by atoms with Crippen molar-refractivity contribution in [2.75, 3.05) is 12.8 Å². The van der Waals surface area contributed by atoms with Gasteiger partial charge in [-0.25, -0.2) is 13.2 Å². The molecule has 1 saturated heterocycles. The lowest BCUT2D eigenvalue weighted by atomic mass is 10.2. The molecule has 1 aliphatic rings. The highest BCUT2D eigenvalue weighted by Gasteiger charge is 2.35. The minimum absolute atomic E-state index is 0.154. The van der Waals surface area contributed by atoms with Gasteiger partial charge in [0.1, 0.15) is 10.9 Å². The molecule has 0 aliphatic carbocycles. The van der Waals surface area contributed by atoms with Crippen molar-refractivity contribution in [1.29, 1.82) is 0 Å². The predicted octanol–water partition coefficient (Wildman–Crippen LogP) is 2.51. The van der Waals surface area contributed by atoms with E-state index >= 15 is 0 Å². The van der Waals surface area contributed by atoms with Crippen LogP contribution in [-0.2, 0) is 21.0 Å². The van der Waals surface area contributed by atoms with Crippen LogP contribution >= 0.6 is 0 Å². The Bertz CT molecular complexity index is 708. The van der Waals surface area contributed by atoms with E-state index < -0.39 is 26.8 Å². The summed E-state index contributed by atoms with van der Waals surface area (Å²) >= 11 is 0. The Hall–Kier alpha value is -1.64. The summed E-state index contributed by atoms with van der Waals surface area (Å²) in [6, 6.07) is -0.219. The number of hydrogen-bond acceptors (Lipinski definition) is 7. The molecule has 2 heterocycles. The third kappa shape index (κ3) is 5.17. The monoisotopic (exact) mass is 373 g/mol. The molecule has 2 unspecified atom stereocenters. The molecular weight excluding hydrogens is 346 g/mol. The molecule has 25 heavy (non-hydrogen) atoms. The Morgan fingerprint density at radius 2 is 2.08 bits per heavy atom. The van der Waals surface area contributed by atoms with E-state index in [1.165, 1.54) is 4.90 Å². The molecule has 1 aliphatic heterocycles. The Morgan fingerprint density at radius 3 is 2.68 bits per heavy atom. The van der Waals surface area contributed by atoms with Crippen molar-refractivity contribution in [3.8, 4) is 0 Å². The summed E-state index contributed by atoms with van der Waals surface area (Å²) in [5.74, 6) is 0.702. The minimum Gasteiger partial charge on any atom is -0.444 e. The van der Waals surface area contributed by atoms with E-state index in [2.05, 4.69) is 10.1 Å². The van der Waals surface area contributed by atoms with Crippen LogP contribution in [0.15, 0.2) is 4.52 Å². The predicted molar refractivity (Wildman–Crippen MR) is 91.8 cm³/mol. The first-order valence-corrected chi connectivity index (χ1v) is 10.2. The van der Waals surface area contributed by atoms with Gasteiger partial charge in [-0.3, -0.25) is 0 Å². The lowest BCUT2D eigenvalue weighted by Crippen LogP contribution is -2.40. The van der Waals surface area contributed by atoms with Gasteiger partial charge in [-0.15, -0.1) is 0 Å². The van der Waals surface area contributed by atoms with E-state index in [1.54, 1.807) is 27.8 Å². The molecule has 142 valence electrons. The number of likely N-dealkylation sites (N-methyl/N-ethyl adjacent to an activating group) is 1. The highest BCUT2D eigenvalue weighted by Crippen LogP contribution is 2.32. The van der Waals surface area contributed by atoms with Crippen LogP contribution in [0.5, 0.6) is 0 Å². The number of carbonyl (C=O) groups excluding carboxylic acids is 1. The number of amides is 1. The maximum absolute atomic E-state index is 12.1. The fourth-order valence-electron chi connectivity index (χ4n) is 2.63. The smallest absolute Gasteiger partial charge is 0.410 e. The maximum atomic E-state index is 12.1. The SMILES string of the molecule is CC(Cc1noc(C2CCCCS2(=O)=O)n1)N(C)C(=O)OC(C)(C)C. The zero-order valence-corrected chi connectivity index (χ0v) is 16.3. The number of hydrogen-bond donors (Lipinski definition) is 0. The average molecular weight is 373 g/mol. The number of nitrogens with zero attached hydrogens (tertiary/aromatic N) is 3. The number of sulfone groups is 1. The van der Waals surface area contributed by atoms with Crippen molar-refractivity contribution < 1.29 is 22.5 Å². The highest BCUT2D eigenvalue weighted by molar-refractivity contribution is 7.91. The third-order valence-electron chi connectivity index (χ3n) is 4.16. The van der Waals surface area contributed by atoms with Gasteiger partial charge in [-0.05, 0) is 40.5 Å². The van der Waals surface area contributed by atoms with Crippen LogP contribution in [0.1, 0.15) is 63.9 Å². The van der Waals surface area contributed by atoms with Crippen LogP contribution in [0.25, 0.3) is 0 Å². The molecule has 8 nitrogen and oxygen atoms in total. The first-order valence-electron chi connectivity index (χ1n) is 8.49. The van der Waals surface area contributed by atoms with Gasteiger partial charge in [0.15, 0.2) is 15.7 Å². The van der Waals surface area contributed by atoms with Gasteiger partial charge in [0, 0.05) is 19.5 Å². The summed E-state index contributed by atoms with van der Waals surface area (Å²) in [7, 11) is -1.58. The van der Waals surface area contributed by atoms with Crippen LogP contribution in [-0.4, -0.2) is 54.0 Å². The van der Waals surface area contributed by atoms with E-state index in [0.29, 0.717) is 25.1 Å². The van der Waals surface area contributed by atoms with Crippen molar-refractivity contribution >= 4 is 15.9 Å². The molecule has 1 aromatic heterocycles. The number of rotatable bonds is 4. The summed E-state index contributed by atoms with van der Waals surface area (Å²) in [5.41, 5.74) is -0.570. The molecule has 1 amide bonds. The summed E-state index contributed by atoms with van der Waals surface area (Å²) in [6.45, 7) is 7.26. The molecule has 2 atom stereocenters. The molecule has 9 heteroatoms. The summed E-state index contributed by atoms with van der Waals surface area (Å²) in [4.78, 5) is 17.8. The highest BCUT2D eigenvalue weighted by atomic mass is 32.2. The van der Waals surface area contributed by atoms with Gasteiger partial charge in [0.05, 0.1) is 5.75 Å². The third-order valence-corrected chi connectivity index (χ3v) is 6.32. The summed E-state index contributed by atoms with van der Waals surface area (Å²) in [5, 5.41) is 3.18. The lowest BCUT2D eigenvalue weighted by Gasteiger charge is -2.28. The zero-order valence-electron chi connectivity index (χ0n) is 15.5. The Balaban J connectivity index is 2.02. The van der Waals surface area contributed by atoms with Crippen molar-refractivity contribution in [2.45, 2.75) is 70.3 Å². The quantitative estimate of drug-likeness (QED) is 0.799. The molecule has 0 spiro atoms. The van der Waals surface area contributed by atoms with E-state index in [-0.39, 0.29) is 17.7 Å². The molecule has 0 bridgehead atoms. The molecule has 1 aromatic rings. The standard InChI is InChI=1S/C16H27N3O5S/c1-11(19(5)15(20)23-16(2,3)4)10-13-17-14(24-18-13)12-8-6-7-9-25(12,21)22/h11-12H,6-10H2,1-5H3. The van der Waals surface area contributed by atoms with Gasteiger partial charge in [0.2, 0.25) is 5.89 Å². The van der Waals surface area contributed by atoms with E-state index in [0.717, 1.165) is 6.42 Å². The van der Waals surface area contributed by atoms with Crippen molar-refractivity contribution in [2.24, 2.45) is 0 Å². The van der Waals surface area contributed by atoms with E-state index in [9.17, 15) is 13.2 Å². The summed E-state index contributed by atoms with van der Waals surface area (Å²) in [6.07, 6.45) is 1.94. The van der Waals surface area contributed by atoms with Gasteiger partial charge in [0.25, 0.3) is 0 Å². The van der Waals surface area contributed by atoms with Crippen molar-refractivity contribution in [3.63, 3.8) is 0 Å². The van der Waals surface area contributed by atoms with Crippen molar-refractivity contribution in [1.82, 2.24) is 15.0 Å². The van der Waals surface area contributed by atoms with Crippen LogP contribution in [0.3, 0.4) is 0 Å². The normalized spacial score (nSPS) is 21.6. The topological polar surface area (TPSA) is 103 Å². The van der Waals surface area contributed by atoms with E-state index in [1.807, 2.05) is 6.92 Å². The lowest BCUT2D eigenvalue weighted by molar-refractivity contribution is 0.0234. The van der Waals surface area contributed by atoms with Gasteiger partial charge < -0.3 is 14.2 Å². The zero-order chi connectivity index (χ0) is 18.8. The van der Waals surface area contributed by atoms with Crippen LogP contribution in [0.2, 0.25) is 0 Å². The number of ether oxygens (including phenoxy) is 1. The molecule has 0 N–H and O–H groups in total. The minimum atomic E-state index is -3.22. The molecule has 1 fully saturated rings. The van der Waals surface area contributed by atoms with Crippen molar-refractivity contribution in [3.05, 3.63) is 11.7 Å². The Labute approximate surface area is 148 Å². The van der Waals surface area contributed by atoms with Crippen LogP contribution < -0.4 is 0 Å². The molecule has 0 radical (unpaired) electrons. The van der Waals surface area contributed by atoms with Crippen LogP contribution in [0.4, 0.5) is 4.79 Å². The van der Waals surface area contributed by atoms with E-state index in [4.69, 9.17) is 9.26 Å².